The Kier molecular flexibility index (Phi) is 7.74. The van der Waals surface area contributed by atoms with Gasteiger partial charge in [0.1, 0.15) is 0 Å². The third-order valence-electron chi connectivity index (χ3n) is 2.64. The minimum Gasteiger partial charge on any atom is -0.481 e. The molecule has 0 unspecified atom stereocenters. The van der Waals surface area contributed by atoms with Gasteiger partial charge in [-0.1, -0.05) is 26.2 Å². The molecular formula is C12H20O7. The Morgan fingerprint density at radius 2 is 1.47 bits per heavy atom. The molecule has 110 valence electrons. The minimum absolute atomic E-state index is 0.0346. The molecule has 0 aromatic rings. The Bertz CT molecular complexity index is 308. The molecule has 0 atom stereocenters. The summed E-state index contributed by atoms with van der Waals surface area (Å²) in [6, 6.07) is 0. The monoisotopic (exact) mass is 276 g/mol. The van der Waals surface area contributed by atoms with Crippen LogP contribution >= 0.6 is 0 Å². The fourth-order valence-electron chi connectivity index (χ4n) is 1.66. The third-order valence-corrected chi connectivity index (χ3v) is 2.64. The first-order valence-electron chi connectivity index (χ1n) is 6.15. The zero-order valence-corrected chi connectivity index (χ0v) is 10.9. The Balaban J connectivity index is 4.66. The van der Waals surface area contributed by atoms with E-state index in [1.54, 1.807) is 0 Å². The number of aliphatic carboxylic acids is 3. The van der Waals surface area contributed by atoms with Crippen LogP contribution in [-0.4, -0.2) is 45.4 Å². The van der Waals surface area contributed by atoms with Crippen LogP contribution in [0, 0.1) is 0 Å². The van der Waals surface area contributed by atoms with Crippen LogP contribution in [0.5, 0.6) is 0 Å². The normalized spacial score (nSPS) is 11.2. The highest BCUT2D eigenvalue weighted by atomic mass is 16.5. The lowest BCUT2D eigenvalue weighted by Crippen LogP contribution is -2.45. The van der Waals surface area contributed by atoms with E-state index in [0.717, 1.165) is 19.3 Å². The van der Waals surface area contributed by atoms with E-state index in [1.807, 2.05) is 6.92 Å². The number of hydrogen-bond acceptors (Lipinski definition) is 4. The van der Waals surface area contributed by atoms with Crippen molar-refractivity contribution < 1.29 is 34.4 Å². The van der Waals surface area contributed by atoms with Gasteiger partial charge < -0.3 is 20.1 Å². The second kappa shape index (κ2) is 8.47. The van der Waals surface area contributed by atoms with Crippen LogP contribution in [0.4, 0.5) is 0 Å². The largest absolute Gasteiger partial charge is 0.481 e. The highest BCUT2D eigenvalue weighted by Crippen LogP contribution is 2.22. The van der Waals surface area contributed by atoms with Crippen molar-refractivity contribution in [2.24, 2.45) is 0 Å². The molecule has 0 aromatic heterocycles. The number of carbonyl (C=O) groups is 3. The summed E-state index contributed by atoms with van der Waals surface area (Å²) in [7, 11) is 0. The van der Waals surface area contributed by atoms with Crippen LogP contribution in [0.1, 0.15) is 45.4 Å². The summed E-state index contributed by atoms with van der Waals surface area (Å²) in [5.74, 6) is -4.37. The van der Waals surface area contributed by atoms with Gasteiger partial charge in [0.15, 0.2) is 5.60 Å². The standard InChI is InChI=1S/C12H20O7/c1-2-3-4-5-6-19-12(11(17)18,7-9(13)14)8-10(15)16/h2-8H2,1H3,(H,13,14)(H,15,16)(H,17,18). The van der Waals surface area contributed by atoms with Gasteiger partial charge in [-0.2, -0.15) is 0 Å². The first-order valence-corrected chi connectivity index (χ1v) is 6.15. The highest BCUT2D eigenvalue weighted by Gasteiger charge is 2.44. The van der Waals surface area contributed by atoms with E-state index in [1.165, 1.54) is 0 Å². The van der Waals surface area contributed by atoms with E-state index in [-0.39, 0.29) is 6.61 Å². The van der Waals surface area contributed by atoms with E-state index in [4.69, 9.17) is 20.1 Å². The topological polar surface area (TPSA) is 121 Å². The van der Waals surface area contributed by atoms with Crippen LogP contribution in [0.25, 0.3) is 0 Å². The summed E-state index contributed by atoms with van der Waals surface area (Å²) in [6.45, 7) is 2.05. The van der Waals surface area contributed by atoms with Gasteiger partial charge in [0.05, 0.1) is 12.8 Å². The quantitative estimate of drug-likeness (QED) is 0.487. The summed E-state index contributed by atoms with van der Waals surface area (Å²) >= 11 is 0. The molecule has 19 heavy (non-hydrogen) atoms. The highest BCUT2D eigenvalue weighted by molar-refractivity contribution is 5.88. The number of hydrogen-bond donors (Lipinski definition) is 3. The van der Waals surface area contributed by atoms with Gasteiger partial charge >= 0.3 is 17.9 Å². The fraction of sp³-hybridized carbons (Fsp3) is 0.750. The third kappa shape index (κ3) is 6.76. The number of ether oxygens (including phenoxy) is 1. The lowest BCUT2D eigenvalue weighted by atomic mass is 9.95. The van der Waals surface area contributed by atoms with Crippen molar-refractivity contribution in [2.75, 3.05) is 6.61 Å². The number of carboxylic acids is 3. The van der Waals surface area contributed by atoms with E-state index < -0.39 is 36.4 Å². The minimum atomic E-state index is -2.19. The maximum Gasteiger partial charge on any atom is 0.337 e. The molecule has 0 rings (SSSR count). The van der Waals surface area contributed by atoms with Gasteiger partial charge in [0, 0.05) is 6.61 Å². The number of unbranched alkanes of at least 4 members (excludes halogenated alkanes) is 3. The molecule has 0 amide bonds. The van der Waals surface area contributed by atoms with Crippen LogP contribution in [0.15, 0.2) is 0 Å². The summed E-state index contributed by atoms with van der Waals surface area (Å²) in [4.78, 5) is 32.6. The molecule has 0 saturated carbocycles. The molecule has 0 saturated heterocycles. The summed E-state index contributed by atoms with van der Waals surface area (Å²) < 4.78 is 5.10. The van der Waals surface area contributed by atoms with Crippen LogP contribution < -0.4 is 0 Å². The van der Waals surface area contributed by atoms with Gasteiger partial charge in [0.25, 0.3) is 0 Å². The van der Waals surface area contributed by atoms with E-state index in [2.05, 4.69) is 0 Å². The van der Waals surface area contributed by atoms with Crippen LogP contribution in [0.3, 0.4) is 0 Å². The van der Waals surface area contributed by atoms with Crippen LogP contribution in [-0.2, 0) is 19.1 Å². The molecule has 0 bridgehead atoms. The predicted octanol–water partition coefficient (Wildman–Crippen LogP) is 1.36. The lowest BCUT2D eigenvalue weighted by Gasteiger charge is -2.26. The first kappa shape index (κ1) is 17.4. The van der Waals surface area contributed by atoms with Gasteiger partial charge in [-0.15, -0.1) is 0 Å². The van der Waals surface area contributed by atoms with Gasteiger partial charge in [-0.25, -0.2) is 4.79 Å². The molecule has 7 heteroatoms. The zero-order chi connectivity index (χ0) is 14.9. The molecule has 3 N–H and O–H groups in total. The van der Waals surface area contributed by atoms with Crippen molar-refractivity contribution in [3.05, 3.63) is 0 Å². The first-order chi connectivity index (χ1) is 8.84. The Hall–Kier alpha value is -1.63. The molecule has 0 aliphatic carbocycles. The Morgan fingerprint density at radius 3 is 1.84 bits per heavy atom. The lowest BCUT2D eigenvalue weighted by molar-refractivity contribution is -0.178. The molecule has 0 fully saturated rings. The molecule has 0 spiro atoms. The maximum absolute atomic E-state index is 11.2. The molecule has 0 heterocycles. The van der Waals surface area contributed by atoms with Gasteiger partial charge in [-0.05, 0) is 6.42 Å². The van der Waals surface area contributed by atoms with Gasteiger partial charge in [0.2, 0.25) is 0 Å². The van der Waals surface area contributed by atoms with Crippen molar-refractivity contribution in [1.82, 2.24) is 0 Å². The summed E-state index contributed by atoms with van der Waals surface area (Å²) in [5, 5.41) is 26.5. The SMILES string of the molecule is CCCCCCOC(CC(=O)O)(CC(=O)O)C(=O)O. The van der Waals surface area contributed by atoms with Crippen molar-refractivity contribution in [1.29, 1.82) is 0 Å². The Labute approximate surface area is 111 Å². The number of carboxylic acid groups (broad SMARTS) is 3. The average molecular weight is 276 g/mol. The van der Waals surface area contributed by atoms with E-state index in [0.29, 0.717) is 6.42 Å². The fourth-order valence-corrected chi connectivity index (χ4v) is 1.66. The second-order valence-corrected chi connectivity index (χ2v) is 4.35. The molecule has 0 aliphatic heterocycles. The van der Waals surface area contributed by atoms with Crippen molar-refractivity contribution >= 4 is 17.9 Å². The van der Waals surface area contributed by atoms with Gasteiger partial charge in [-0.3, -0.25) is 9.59 Å². The van der Waals surface area contributed by atoms with Crippen molar-refractivity contribution in [2.45, 2.75) is 51.0 Å². The summed E-state index contributed by atoms with van der Waals surface area (Å²) in [6.07, 6.45) is 1.61. The van der Waals surface area contributed by atoms with Crippen molar-refractivity contribution in [3.63, 3.8) is 0 Å². The van der Waals surface area contributed by atoms with Crippen LogP contribution in [0.2, 0.25) is 0 Å². The van der Waals surface area contributed by atoms with Crippen molar-refractivity contribution in [3.8, 4) is 0 Å². The Morgan fingerprint density at radius 1 is 0.947 bits per heavy atom. The van der Waals surface area contributed by atoms with E-state index in [9.17, 15) is 14.4 Å². The maximum atomic E-state index is 11.2. The molecule has 0 aliphatic rings. The van der Waals surface area contributed by atoms with E-state index >= 15 is 0 Å². The summed E-state index contributed by atoms with van der Waals surface area (Å²) in [5.41, 5.74) is -2.19. The second-order valence-electron chi connectivity index (χ2n) is 4.35. The average Bonchev–Trinajstić information content (AvgIpc) is 2.26. The molecule has 0 radical (unpaired) electrons. The predicted molar refractivity (Wildman–Crippen MR) is 65.0 cm³/mol. The zero-order valence-electron chi connectivity index (χ0n) is 10.9. The molecular weight excluding hydrogens is 256 g/mol. The smallest absolute Gasteiger partial charge is 0.337 e. The molecule has 0 aromatic carbocycles. The number of rotatable bonds is 11. The molecule has 7 nitrogen and oxygen atoms in total.